The van der Waals surface area contributed by atoms with Crippen molar-refractivity contribution in [3.8, 4) is 0 Å². The zero-order valence-corrected chi connectivity index (χ0v) is 10.9. The summed E-state index contributed by atoms with van der Waals surface area (Å²) in [6.45, 7) is -2.67. The number of carbonyl (C=O) groups excluding carboxylic acids is 1. The molecule has 0 aliphatic rings. The minimum Gasteiger partial charge on any atom is -0.352 e. The highest BCUT2D eigenvalue weighted by Crippen LogP contribution is 2.04. The van der Waals surface area contributed by atoms with Gasteiger partial charge in [-0.15, -0.1) is 0 Å². The highest BCUT2D eigenvalue weighted by molar-refractivity contribution is 5.81. The Hall–Kier alpha value is -1.39. The molecule has 4 nitrogen and oxygen atoms in total. The van der Waals surface area contributed by atoms with Crippen LogP contribution in [0.25, 0.3) is 0 Å². The van der Waals surface area contributed by atoms with Gasteiger partial charge in [-0.25, -0.2) is 0 Å². The Labute approximate surface area is 124 Å². The summed E-state index contributed by atoms with van der Waals surface area (Å²) in [7, 11) is 0. The second-order valence-electron chi connectivity index (χ2n) is 4.25. The molecule has 0 aliphatic heterocycles. The van der Waals surface area contributed by atoms with E-state index < -0.39 is 31.2 Å². The number of hydrogen-bond acceptors (Lipinski definition) is 3. The van der Waals surface area contributed by atoms with Gasteiger partial charge in [0.25, 0.3) is 0 Å². The summed E-state index contributed by atoms with van der Waals surface area (Å²) in [5.74, 6) is -0.872. The van der Waals surface area contributed by atoms with Crippen LogP contribution in [0.3, 0.4) is 0 Å². The summed E-state index contributed by atoms with van der Waals surface area (Å²) in [6.07, 6.45) is -1.15. The van der Waals surface area contributed by atoms with E-state index in [2.05, 4.69) is 0 Å². The molecule has 0 saturated heterocycles. The van der Waals surface area contributed by atoms with E-state index in [1.807, 2.05) is 5.32 Å². The summed E-state index contributed by atoms with van der Waals surface area (Å²) < 4.78 is 47.6. The van der Waals surface area contributed by atoms with Crippen LogP contribution in [0.15, 0.2) is 30.3 Å². The van der Waals surface area contributed by atoms with E-state index in [9.17, 15) is 4.79 Å². The third-order valence-electron chi connectivity index (χ3n) is 2.60. The van der Waals surface area contributed by atoms with E-state index in [1.165, 1.54) is 24.3 Å². The molecular weight excluding hydrogens is 238 g/mol. The maximum Gasteiger partial charge on any atom is 0.237 e. The number of hydrogen-bond donors (Lipinski definition) is 3. The fourth-order valence-corrected chi connectivity index (χ4v) is 1.55. The maximum absolute atomic E-state index is 12.3. The van der Waals surface area contributed by atoms with Gasteiger partial charge in [-0.2, -0.15) is 0 Å². The summed E-state index contributed by atoms with van der Waals surface area (Å²) in [6, 6.07) is 3.55. The average Bonchev–Trinajstić information content (AvgIpc) is 2.54. The van der Waals surface area contributed by atoms with Crippen LogP contribution in [-0.4, -0.2) is 24.5 Å². The van der Waals surface area contributed by atoms with Crippen molar-refractivity contribution in [3.05, 3.63) is 35.9 Å². The number of amides is 1. The third kappa shape index (κ3) is 6.36. The van der Waals surface area contributed by atoms with Gasteiger partial charge in [0.15, 0.2) is 0 Å². The fraction of sp³-hybridized carbons (Fsp3) is 0.533. The van der Waals surface area contributed by atoms with Gasteiger partial charge in [-0.1, -0.05) is 36.8 Å². The lowest BCUT2D eigenvalue weighted by Crippen LogP contribution is -2.45. The quantitative estimate of drug-likeness (QED) is 0.620. The van der Waals surface area contributed by atoms with Crippen LogP contribution in [0.1, 0.15) is 39.9 Å². The number of carbonyl (C=O) groups is 1. The Morgan fingerprint density at radius 2 is 2.21 bits per heavy atom. The highest BCUT2D eigenvalue weighted by atomic mass is 16.2. The van der Waals surface area contributed by atoms with Crippen molar-refractivity contribution in [2.75, 3.05) is 6.54 Å². The van der Waals surface area contributed by atoms with Gasteiger partial charge in [-0.3, -0.25) is 4.79 Å². The zero-order chi connectivity index (χ0) is 19.3. The predicted octanol–water partition coefficient (Wildman–Crippen LogP) is 1.19. The highest BCUT2D eigenvalue weighted by Gasteiger charge is 2.15. The van der Waals surface area contributed by atoms with Crippen molar-refractivity contribution in [2.45, 2.75) is 44.5 Å². The van der Waals surface area contributed by atoms with Crippen molar-refractivity contribution in [2.24, 2.45) is 11.5 Å². The molecule has 5 N–H and O–H groups in total. The van der Waals surface area contributed by atoms with E-state index in [1.54, 1.807) is 6.07 Å². The molecule has 19 heavy (non-hydrogen) atoms. The first-order chi connectivity index (χ1) is 11.5. The molecule has 0 aliphatic carbocycles. The van der Waals surface area contributed by atoms with Crippen LogP contribution in [-0.2, 0) is 11.2 Å². The molecule has 106 valence electrons. The van der Waals surface area contributed by atoms with Crippen LogP contribution in [0.5, 0.6) is 0 Å². The molecule has 0 radical (unpaired) electrons. The molecule has 0 saturated carbocycles. The van der Waals surface area contributed by atoms with Crippen LogP contribution in [0.4, 0.5) is 0 Å². The molecule has 0 fully saturated rings. The molecule has 1 aromatic rings. The molecule has 1 aromatic carbocycles. The van der Waals surface area contributed by atoms with Crippen molar-refractivity contribution in [1.82, 2.24) is 5.32 Å². The molecule has 2 atom stereocenters. The smallest absolute Gasteiger partial charge is 0.237 e. The Balaban J connectivity index is 3.10. The van der Waals surface area contributed by atoms with Crippen molar-refractivity contribution in [3.63, 3.8) is 0 Å². The second-order valence-corrected chi connectivity index (χ2v) is 4.25. The van der Waals surface area contributed by atoms with Gasteiger partial charge < -0.3 is 16.8 Å². The van der Waals surface area contributed by atoms with E-state index in [4.69, 9.17) is 19.7 Å². The fourth-order valence-electron chi connectivity index (χ4n) is 1.55. The van der Waals surface area contributed by atoms with Gasteiger partial charge in [0.05, 0.1) is 7.41 Å². The minimum atomic E-state index is -3.11. The summed E-state index contributed by atoms with van der Waals surface area (Å²) in [4.78, 5) is 12.3. The molecule has 1 amide bonds. The number of rotatable bonds is 8. The van der Waals surface area contributed by atoms with Crippen molar-refractivity contribution in [1.29, 1.82) is 0 Å². The number of unbranched alkanes of at least 4 members (excludes halogenated alkanes) is 1. The Kier molecular flexibility index (Phi) is 3.98. The first kappa shape index (κ1) is 8.72. The van der Waals surface area contributed by atoms with Crippen molar-refractivity contribution >= 4 is 5.91 Å². The second kappa shape index (κ2) is 8.67. The van der Waals surface area contributed by atoms with Gasteiger partial charge >= 0.3 is 0 Å². The summed E-state index contributed by atoms with van der Waals surface area (Å²) in [5, 5.41) is 2.03. The zero-order valence-electron chi connectivity index (χ0n) is 16.9. The lowest BCUT2D eigenvalue weighted by molar-refractivity contribution is -0.123. The Bertz CT molecular complexity index is 566. The molecule has 0 spiro atoms. The molecule has 1 rings (SSSR count). The van der Waals surface area contributed by atoms with E-state index in [0.29, 0.717) is 19.4 Å². The topological polar surface area (TPSA) is 81.1 Å². The van der Waals surface area contributed by atoms with Gasteiger partial charge in [-0.05, 0) is 38.2 Å². The molecule has 0 unspecified atom stereocenters. The van der Waals surface area contributed by atoms with Crippen molar-refractivity contribution < 1.29 is 13.0 Å². The molecule has 0 heterocycles. The lowest BCUT2D eigenvalue weighted by atomic mass is 10.1. The van der Waals surface area contributed by atoms with Crippen LogP contribution < -0.4 is 16.8 Å². The molecule has 0 aromatic heterocycles. The van der Waals surface area contributed by atoms with Crippen LogP contribution >= 0.6 is 0 Å². The first-order valence-electron chi connectivity index (χ1n) is 9.30. The van der Waals surface area contributed by atoms with Crippen LogP contribution in [0, 0.1) is 0 Å². The number of nitrogens with two attached hydrogens (primary N) is 2. The Morgan fingerprint density at radius 1 is 1.47 bits per heavy atom. The van der Waals surface area contributed by atoms with Gasteiger partial charge in [0.2, 0.25) is 5.91 Å². The summed E-state index contributed by atoms with van der Waals surface area (Å²) in [5.41, 5.74) is 11.1. The minimum absolute atomic E-state index is 0.0156. The molecule has 0 bridgehead atoms. The van der Waals surface area contributed by atoms with Crippen LogP contribution in [0.2, 0.25) is 0 Å². The number of benzene rings is 1. The number of nitrogens with one attached hydrogen (secondary N) is 1. The first-order valence-corrected chi connectivity index (χ1v) is 6.30. The SMILES string of the molecule is [2H]C([2H])([2H])[C@]([2H])(NC(=O)[C@@H](N)CCCCN)C([2H])([2H])c1ccccc1. The Morgan fingerprint density at radius 3 is 2.84 bits per heavy atom. The molecular formula is C15H25N3O. The molecule has 4 heteroatoms. The predicted molar refractivity (Wildman–Crippen MR) is 78.6 cm³/mol. The maximum atomic E-state index is 12.3. The largest absolute Gasteiger partial charge is 0.352 e. The third-order valence-corrected chi connectivity index (χ3v) is 2.60. The standard InChI is InChI=1S/C15H25N3O/c1-12(11-13-7-3-2-4-8-13)18-15(19)14(17)9-5-6-10-16/h2-4,7-8,12,14H,5-6,9-11,16-17H2,1H3,(H,18,19)/t12-,14-/m0/s1/i1D3,11D2,12D. The monoisotopic (exact) mass is 269 g/mol. The van der Waals surface area contributed by atoms with E-state index >= 15 is 0 Å². The van der Waals surface area contributed by atoms with Gasteiger partial charge in [0.1, 0.15) is 0 Å². The van der Waals surface area contributed by atoms with E-state index in [-0.39, 0.29) is 12.0 Å². The average molecular weight is 269 g/mol. The lowest BCUT2D eigenvalue weighted by Gasteiger charge is -2.17. The summed E-state index contributed by atoms with van der Waals surface area (Å²) >= 11 is 0. The normalized spacial score (nSPS) is 21.6. The van der Waals surface area contributed by atoms with Gasteiger partial charge in [0, 0.05) is 12.9 Å². The van der Waals surface area contributed by atoms with E-state index in [0.717, 1.165) is 0 Å².